The normalized spacial score (nSPS) is 11.3. The smallest absolute Gasteiger partial charge is 0.261 e. The first kappa shape index (κ1) is 19.3. The Morgan fingerprint density at radius 1 is 1.19 bits per heavy atom. The van der Waals surface area contributed by atoms with E-state index in [1.165, 1.54) is 11.3 Å². The number of nitrogens with zero attached hydrogens (tertiary/aromatic N) is 3. The predicted octanol–water partition coefficient (Wildman–Crippen LogP) is 5.31. The summed E-state index contributed by atoms with van der Waals surface area (Å²) in [6, 6.07) is 13.1. The second-order valence-electron chi connectivity index (χ2n) is 6.20. The van der Waals surface area contributed by atoms with Gasteiger partial charge in [0.05, 0.1) is 15.8 Å². The Bertz CT molecular complexity index is 928. The van der Waals surface area contributed by atoms with E-state index >= 15 is 0 Å². The molecule has 0 aliphatic rings. The third-order valence-electron chi connectivity index (χ3n) is 3.91. The summed E-state index contributed by atoms with van der Waals surface area (Å²) in [5, 5.41) is 1.37. The molecular formula is C19H19BrClN3OS. The number of hydrogen-bond acceptors (Lipinski definition) is 4. The van der Waals surface area contributed by atoms with E-state index in [1.807, 2.05) is 56.6 Å². The Hall–Kier alpha value is -1.47. The van der Waals surface area contributed by atoms with Crippen LogP contribution in [-0.2, 0) is 0 Å². The van der Waals surface area contributed by atoms with Gasteiger partial charge in [-0.05, 0) is 73.3 Å². The zero-order chi connectivity index (χ0) is 18.7. The maximum atomic E-state index is 13.2. The Morgan fingerprint density at radius 3 is 2.69 bits per heavy atom. The van der Waals surface area contributed by atoms with Crippen LogP contribution >= 0.6 is 38.9 Å². The minimum atomic E-state index is -0.0543. The van der Waals surface area contributed by atoms with Crippen molar-refractivity contribution in [3.8, 4) is 0 Å². The van der Waals surface area contributed by atoms with E-state index in [2.05, 4.69) is 25.8 Å². The molecule has 7 heteroatoms. The second-order valence-corrected chi connectivity index (χ2v) is 8.50. The molecule has 0 radical (unpaired) electrons. The topological polar surface area (TPSA) is 36.4 Å². The van der Waals surface area contributed by atoms with E-state index in [0.717, 1.165) is 27.7 Å². The number of anilines is 1. The van der Waals surface area contributed by atoms with Crippen molar-refractivity contribution < 1.29 is 4.79 Å². The van der Waals surface area contributed by atoms with Crippen molar-refractivity contribution in [2.24, 2.45) is 0 Å². The monoisotopic (exact) mass is 451 g/mol. The second kappa shape index (κ2) is 8.48. The van der Waals surface area contributed by atoms with Gasteiger partial charge in [0.2, 0.25) is 0 Å². The highest BCUT2D eigenvalue weighted by molar-refractivity contribution is 9.10. The summed E-state index contributed by atoms with van der Waals surface area (Å²) in [5.41, 5.74) is 1.49. The van der Waals surface area contributed by atoms with Crippen molar-refractivity contribution in [2.45, 2.75) is 6.42 Å². The lowest BCUT2D eigenvalue weighted by Gasteiger charge is -2.21. The molecule has 0 aliphatic carbocycles. The number of carbonyl (C=O) groups is 1. The van der Waals surface area contributed by atoms with Gasteiger partial charge >= 0.3 is 0 Å². The van der Waals surface area contributed by atoms with Crippen molar-refractivity contribution in [2.75, 3.05) is 32.1 Å². The van der Waals surface area contributed by atoms with Crippen LogP contribution in [0.3, 0.4) is 0 Å². The SMILES string of the molecule is CN(C)CCCN(C(=O)c1ccccc1Br)c1nc2ccc(Cl)cc2s1. The Balaban J connectivity index is 1.96. The number of thiazole rings is 1. The lowest BCUT2D eigenvalue weighted by atomic mass is 10.2. The Labute approximate surface area is 170 Å². The molecule has 26 heavy (non-hydrogen) atoms. The fourth-order valence-corrected chi connectivity index (χ4v) is 4.33. The van der Waals surface area contributed by atoms with Gasteiger partial charge in [-0.25, -0.2) is 4.98 Å². The lowest BCUT2D eigenvalue weighted by Crippen LogP contribution is -2.33. The highest BCUT2D eigenvalue weighted by atomic mass is 79.9. The van der Waals surface area contributed by atoms with E-state index in [9.17, 15) is 4.79 Å². The molecule has 0 unspecified atom stereocenters. The van der Waals surface area contributed by atoms with Crippen LogP contribution in [-0.4, -0.2) is 43.0 Å². The molecule has 2 aromatic carbocycles. The van der Waals surface area contributed by atoms with E-state index in [1.54, 1.807) is 4.90 Å². The maximum Gasteiger partial charge on any atom is 0.261 e. The van der Waals surface area contributed by atoms with E-state index in [-0.39, 0.29) is 5.91 Å². The molecule has 0 saturated heterocycles. The van der Waals surface area contributed by atoms with Crippen molar-refractivity contribution in [3.63, 3.8) is 0 Å². The van der Waals surface area contributed by atoms with Gasteiger partial charge in [-0.2, -0.15) is 0 Å². The first-order valence-electron chi connectivity index (χ1n) is 8.23. The molecule has 1 aromatic heterocycles. The summed E-state index contributed by atoms with van der Waals surface area (Å²) in [6.07, 6.45) is 0.861. The minimum absolute atomic E-state index is 0.0543. The molecule has 0 atom stereocenters. The maximum absolute atomic E-state index is 13.2. The van der Waals surface area contributed by atoms with Gasteiger partial charge in [-0.3, -0.25) is 9.69 Å². The number of hydrogen-bond donors (Lipinski definition) is 0. The van der Waals surface area contributed by atoms with Crippen molar-refractivity contribution in [1.29, 1.82) is 0 Å². The molecule has 0 saturated carbocycles. The molecule has 1 heterocycles. The number of carbonyl (C=O) groups excluding carboxylic acids is 1. The van der Waals surface area contributed by atoms with E-state index < -0.39 is 0 Å². The quantitative estimate of drug-likeness (QED) is 0.508. The molecule has 0 spiro atoms. The van der Waals surface area contributed by atoms with Crippen LogP contribution in [0, 0.1) is 0 Å². The number of rotatable bonds is 6. The first-order chi connectivity index (χ1) is 12.5. The van der Waals surface area contributed by atoms with Crippen molar-refractivity contribution in [1.82, 2.24) is 9.88 Å². The summed E-state index contributed by atoms with van der Waals surface area (Å²) < 4.78 is 1.76. The van der Waals surface area contributed by atoms with Gasteiger partial charge < -0.3 is 4.90 Å². The van der Waals surface area contributed by atoms with E-state index in [4.69, 9.17) is 11.6 Å². The van der Waals surface area contributed by atoms with Crippen molar-refractivity contribution >= 4 is 60.1 Å². The average molecular weight is 453 g/mol. The van der Waals surface area contributed by atoms with Gasteiger partial charge in [0.15, 0.2) is 5.13 Å². The van der Waals surface area contributed by atoms with Gasteiger partial charge in [-0.1, -0.05) is 35.1 Å². The zero-order valence-electron chi connectivity index (χ0n) is 14.6. The molecule has 0 N–H and O–H groups in total. The number of fused-ring (bicyclic) bond motifs is 1. The van der Waals surface area contributed by atoms with E-state index in [0.29, 0.717) is 22.3 Å². The predicted molar refractivity (Wildman–Crippen MR) is 114 cm³/mol. The van der Waals surface area contributed by atoms with Crippen LogP contribution in [0.25, 0.3) is 10.2 Å². The van der Waals surface area contributed by atoms with Crippen LogP contribution in [0.2, 0.25) is 5.02 Å². The van der Waals surface area contributed by atoms with Gasteiger partial charge in [0, 0.05) is 16.0 Å². The Morgan fingerprint density at radius 2 is 1.96 bits per heavy atom. The van der Waals surface area contributed by atoms with Gasteiger partial charge in [0.1, 0.15) is 0 Å². The molecule has 0 bridgehead atoms. The lowest BCUT2D eigenvalue weighted by molar-refractivity contribution is 0.0985. The molecule has 3 rings (SSSR count). The van der Waals surface area contributed by atoms with Crippen LogP contribution in [0.5, 0.6) is 0 Å². The van der Waals surface area contributed by atoms with Gasteiger partial charge in [-0.15, -0.1) is 0 Å². The number of amides is 1. The van der Waals surface area contributed by atoms with Crippen LogP contribution in [0.1, 0.15) is 16.8 Å². The summed E-state index contributed by atoms with van der Waals surface area (Å²) in [5.74, 6) is -0.0543. The Kier molecular flexibility index (Phi) is 6.29. The summed E-state index contributed by atoms with van der Waals surface area (Å²) in [7, 11) is 4.05. The summed E-state index contributed by atoms with van der Waals surface area (Å²) in [4.78, 5) is 21.7. The average Bonchev–Trinajstić information content (AvgIpc) is 3.01. The molecular weight excluding hydrogens is 434 g/mol. The molecule has 136 valence electrons. The number of aromatic nitrogens is 1. The largest absolute Gasteiger partial charge is 0.309 e. The van der Waals surface area contributed by atoms with Crippen LogP contribution < -0.4 is 4.90 Å². The third-order valence-corrected chi connectivity index (χ3v) is 5.87. The fraction of sp³-hybridized carbons (Fsp3) is 0.263. The molecule has 4 nitrogen and oxygen atoms in total. The highest BCUT2D eigenvalue weighted by Gasteiger charge is 2.22. The van der Waals surface area contributed by atoms with Crippen LogP contribution in [0.4, 0.5) is 5.13 Å². The van der Waals surface area contributed by atoms with Crippen molar-refractivity contribution in [3.05, 3.63) is 57.5 Å². The minimum Gasteiger partial charge on any atom is -0.309 e. The molecule has 3 aromatic rings. The van der Waals surface area contributed by atoms with Gasteiger partial charge in [0.25, 0.3) is 5.91 Å². The standard InChI is InChI=1S/C19H19BrClN3OS/c1-23(2)10-5-11-24(18(25)14-6-3-4-7-15(14)20)19-22-16-9-8-13(21)12-17(16)26-19/h3-4,6-9,12H,5,10-11H2,1-2H3. The van der Waals surface area contributed by atoms with Crippen LogP contribution in [0.15, 0.2) is 46.9 Å². The molecule has 0 fully saturated rings. The molecule has 1 amide bonds. The molecule has 0 aliphatic heterocycles. The number of benzene rings is 2. The summed E-state index contributed by atoms with van der Waals surface area (Å²) in [6.45, 7) is 1.50. The number of halogens is 2. The third kappa shape index (κ3) is 4.43. The summed E-state index contributed by atoms with van der Waals surface area (Å²) >= 11 is 11.1. The first-order valence-corrected chi connectivity index (χ1v) is 10.2. The fourth-order valence-electron chi connectivity index (χ4n) is 2.61. The highest BCUT2D eigenvalue weighted by Crippen LogP contribution is 2.32. The zero-order valence-corrected chi connectivity index (χ0v) is 17.7.